The first kappa shape index (κ1) is 36.6. The summed E-state index contributed by atoms with van der Waals surface area (Å²) in [6.07, 6.45) is -6.19. The third kappa shape index (κ3) is 8.57. The van der Waals surface area contributed by atoms with Crippen molar-refractivity contribution < 1.29 is 45.4 Å². The molecule has 4 aromatic rings. The van der Waals surface area contributed by atoms with E-state index in [-0.39, 0.29) is 42.8 Å². The Morgan fingerprint density at radius 3 is 1.43 bits per heavy atom. The van der Waals surface area contributed by atoms with Gasteiger partial charge < -0.3 is 30.7 Å². The number of ether oxygens (including phenoxy) is 2. The number of fused-ring (bicyclic) bond motifs is 4. The normalized spacial score (nSPS) is 24.4. The Labute approximate surface area is 301 Å². The standard InChI is InChI=1S/C20H19F3N2O2.C19H17F3N2O2/c21-20(22,23)15-7-1-12(2-8-15)10-25-19(26)14-5-3-13(4-6-14)18-17-9-16(27-18)11-24-17;20-19(21,22)13-5-7-14(8-6-13)24-18(25)12-3-1-11(2-4-12)17-16-9-15(26-17)10-23-16/h1-8,16-18,24H,9-11H2,(H,25,26);1-8,15-17,23H,9-10H2,(H,24,25)/t16-,17-,18+;15-,16-,17+/m00/s1. The first-order valence-corrected chi connectivity index (χ1v) is 17.2. The van der Waals surface area contributed by atoms with Gasteiger partial charge in [0, 0.05) is 48.5 Å². The van der Waals surface area contributed by atoms with Gasteiger partial charge in [-0.05, 0) is 90.2 Å². The number of nitrogens with one attached hydrogen (secondary N) is 4. The molecule has 14 heteroatoms. The Balaban J connectivity index is 0.000000164. The van der Waals surface area contributed by atoms with E-state index in [9.17, 15) is 35.9 Å². The molecule has 278 valence electrons. The highest BCUT2D eigenvalue weighted by molar-refractivity contribution is 6.04. The maximum atomic E-state index is 12.6. The van der Waals surface area contributed by atoms with Gasteiger partial charge in [0.1, 0.15) is 0 Å². The minimum Gasteiger partial charge on any atom is -0.367 e. The summed E-state index contributed by atoms with van der Waals surface area (Å²) >= 11 is 0. The number of benzene rings is 4. The Bertz CT molecular complexity index is 1900. The van der Waals surface area contributed by atoms with E-state index in [4.69, 9.17) is 9.47 Å². The number of halogens is 6. The summed E-state index contributed by atoms with van der Waals surface area (Å²) in [5.41, 5.74) is 2.45. The van der Waals surface area contributed by atoms with Gasteiger partial charge in [0.25, 0.3) is 11.8 Å². The summed E-state index contributed by atoms with van der Waals surface area (Å²) < 4.78 is 87.3. The summed E-state index contributed by atoms with van der Waals surface area (Å²) in [4.78, 5) is 24.5. The predicted octanol–water partition coefficient (Wildman–Crippen LogP) is 7.20. The molecule has 4 heterocycles. The van der Waals surface area contributed by atoms with Crippen LogP contribution in [0.5, 0.6) is 0 Å². The van der Waals surface area contributed by atoms with Gasteiger partial charge >= 0.3 is 12.4 Å². The highest BCUT2D eigenvalue weighted by Crippen LogP contribution is 2.38. The molecule has 4 bridgehead atoms. The van der Waals surface area contributed by atoms with Gasteiger partial charge in [0.2, 0.25) is 0 Å². The molecule has 4 saturated heterocycles. The average Bonchev–Trinajstić information content (AvgIpc) is 3.98. The van der Waals surface area contributed by atoms with E-state index < -0.39 is 23.5 Å². The molecule has 4 fully saturated rings. The summed E-state index contributed by atoms with van der Waals surface area (Å²) in [5.74, 6) is -0.642. The summed E-state index contributed by atoms with van der Waals surface area (Å²) in [5, 5.41) is 12.2. The van der Waals surface area contributed by atoms with Crippen LogP contribution < -0.4 is 21.3 Å². The molecule has 8 nitrogen and oxygen atoms in total. The Hall–Kier alpha value is -4.76. The predicted molar refractivity (Wildman–Crippen MR) is 183 cm³/mol. The van der Waals surface area contributed by atoms with Crippen LogP contribution in [-0.2, 0) is 28.4 Å². The minimum absolute atomic E-state index is 0.000717. The monoisotopic (exact) mass is 738 g/mol. The molecule has 0 aliphatic carbocycles. The number of carbonyl (C=O) groups is 2. The maximum Gasteiger partial charge on any atom is 0.416 e. The zero-order valence-electron chi connectivity index (χ0n) is 28.1. The highest BCUT2D eigenvalue weighted by atomic mass is 19.4. The molecule has 0 aromatic heterocycles. The number of morpholine rings is 2. The van der Waals surface area contributed by atoms with Crippen molar-refractivity contribution in [3.8, 4) is 0 Å². The van der Waals surface area contributed by atoms with E-state index in [0.29, 0.717) is 34.5 Å². The van der Waals surface area contributed by atoms with Crippen LogP contribution in [0, 0.1) is 0 Å². The molecular weight excluding hydrogens is 702 g/mol. The van der Waals surface area contributed by atoms with Crippen molar-refractivity contribution in [1.29, 1.82) is 0 Å². The Morgan fingerprint density at radius 1 is 0.604 bits per heavy atom. The van der Waals surface area contributed by atoms with Gasteiger partial charge in [-0.3, -0.25) is 9.59 Å². The summed E-state index contributed by atoms with van der Waals surface area (Å²) in [6.45, 7) is 1.94. The van der Waals surface area contributed by atoms with Crippen LogP contribution in [0.25, 0.3) is 0 Å². The smallest absolute Gasteiger partial charge is 0.367 e. The molecule has 4 aliphatic heterocycles. The zero-order valence-corrected chi connectivity index (χ0v) is 28.1. The first-order chi connectivity index (χ1) is 25.3. The molecule has 0 spiro atoms. The van der Waals surface area contributed by atoms with Gasteiger partial charge in [-0.2, -0.15) is 26.3 Å². The lowest BCUT2D eigenvalue weighted by Gasteiger charge is -2.23. The number of hydrogen-bond donors (Lipinski definition) is 4. The molecule has 4 N–H and O–H groups in total. The largest absolute Gasteiger partial charge is 0.416 e. The number of amides is 2. The van der Waals surface area contributed by atoms with E-state index in [0.717, 1.165) is 61.3 Å². The molecule has 8 rings (SSSR count). The van der Waals surface area contributed by atoms with Crippen LogP contribution in [-0.4, -0.2) is 49.2 Å². The molecule has 0 unspecified atom stereocenters. The lowest BCUT2D eigenvalue weighted by molar-refractivity contribution is -0.138. The van der Waals surface area contributed by atoms with Crippen molar-refractivity contribution in [3.05, 3.63) is 136 Å². The van der Waals surface area contributed by atoms with E-state index in [1.165, 1.54) is 24.3 Å². The van der Waals surface area contributed by atoms with Crippen LogP contribution in [0.1, 0.15) is 73.6 Å². The average molecular weight is 739 g/mol. The maximum absolute atomic E-state index is 12.6. The van der Waals surface area contributed by atoms with E-state index in [1.807, 2.05) is 24.3 Å². The first-order valence-electron chi connectivity index (χ1n) is 17.2. The summed E-state index contributed by atoms with van der Waals surface area (Å²) in [7, 11) is 0. The summed E-state index contributed by atoms with van der Waals surface area (Å²) in [6, 6.07) is 24.1. The lowest BCUT2D eigenvalue weighted by atomic mass is 10.0. The van der Waals surface area contributed by atoms with Crippen LogP contribution in [0.4, 0.5) is 32.0 Å². The van der Waals surface area contributed by atoms with Crippen LogP contribution in [0.15, 0.2) is 97.1 Å². The van der Waals surface area contributed by atoms with Gasteiger partial charge in [-0.1, -0.05) is 36.4 Å². The third-order valence-corrected chi connectivity index (χ3v) is 9.87. The van der Waals surface area contributed by atoms with Crippen LogP contribution in [0.2, 0.25) is 0 Å². The molecule has 0 saturated carbocycles. The fourth-order valence-corrected chi connectivity index (χ4v) is 7.05. The number of carbonyl (C=O) groups excluding carboxylic acids is 2. The molecule has 4 aromatic carbocycles. The van der Waals surface area contributed by atoms with Crippen molar-refractivity contribution in [2.75, 3.05) is 18.4 Å². The van der Waals surface area contributed by atoms with Crippen molar-refractivity contribution in [3.63, 3.8) is 0 Å². The molecular formula is C39H36F6N4O4. The van der Waals surface area contributed by atoms with E-state index in [2.05, 4.69) is 21.3 Å². The van der Waals surface area contributed by atoms with Gasteiger partial charge in [-0.25, -0.2) is 0 Å². The van der Waals surface area contributed by atoms with Gasteiger partial charge in [0.05, 0.1) is 35.5 Å². The van der Waals surface area contributed by atoms with Crippen molar-refractivity contribution in [2.45, 2.75) is 68.2 Å². The van der Waals surface area contributed by atoms with Crippen molar-refractivity contribution in [1.82, 2.24) is 16.0 Å². The van der Waals surface area contributed by atoms with E-state index in [1.54, 1.807) is 24.3 Å². The van der Waals surface area contributed by atoms with Crippen LogP contribution in [0.3, 0.4) is 0 Å². The lowest BCUT2D eigenvalue weighted by Crippen LogP contribution is -2.34. The molecule has 6 atom stereocenters. The number of rotatable bonds is 7. The SMILES string of the molecule is O=C(NCc1ccc(C(F)(F)F)cc1)c1ccc([C@H]2O[C@@H]3CN[C@H]2C3)cc1.O=C(Nc1ccc(C(F)(F)F)cc1)c1ccc([C@H]2O[C@@H]3CN[C@H]2C3)cc1. The number of hydrogen-bond acceptors (Lipinski definition) is 6. The Morgan fingerprint density at radius 2 is 1.04 bits per heavy atom. The second-order valence-electron chi connectivity index (χ2n) is 13.5. The van der Waals surface area contributed by atoms with E-state index >= 15 is 0 Å². The second kappa shape index (κ2) is 14.9. The molecule has 0 radical (unpaired) electrons. The quantitative estimate of drug-likeness (QED) is 0.150. The molecule has 53 heavy (non-hydrogen) atoms. The van der Waals surface area contributed by atoms with Gasteiger partial charge in [-0.15, -0.1) is 0 Å². The fourth-order valence-electron chi connectivity index (χ4n) is 7.05. The van der Waals surface area contributed by atoms with Crippen LogP contribution >= 0.6 is 0 Å². The second-order valence-corrected chi connectivity index (χ2v) is 13.5. The topological polar surface area (TPSA) is 101 Å². The highest BCUT2D eigenvalue weighted by Gasteiger charge is 2.42. The molecule has 2 amide bonds. The Kier molecular flexibility index (Phi) is 10.3. The van der Waals surface area contributed by atoms with Gasteiger partial charge in [0.15, 0.2) is 0 Å². The third-order valence-electron chi connectivity index (χ3n) is 9.87. The fraction of sp³-hybridized carbons (Fsp3) is 0.333. The van der Waals surface area contributed by atoms with Crippen molar-refractivity contribution >= 4 is 17.5 Å². The number of alkyl halides is 6. The minimum atomic E-state index is -4.39. The van der Waals surface area contributed by atoms with Crippen molar-refractivity contribution in [2.24, 2.45) is 0 Å². The zero-order chi connectivity index (χ0) is 37.3. The molecule has 4 aliphatic rings. The number of anilines is 1.